The Morgan fingerprint density at radius 1 is 0.961 bits per heavy atom. The number of hydrogen-bond donors (Lipinski definition) is 7. The average molecular weight is 1070 g/mol. The van der Waals surface area contributed by atoms with Crippen LogP contribution in [0.25, 0.3) is 0 Å². The Labute approximate surface area is 456 Å². The monoisotopic (exact) mass is 1070 g/mol. The number of cyclic esters (lactones) is 1. The van der Waals surface area contributed by atoms with Crippen LogP contribution in [-0.4, -0.2) is 123 Å². The number of nitrogens with zero attached hydrogens (tertiary/aromatic N) is 1. The van der Waals surface area contributed by atoms with Crippen molar-refractivity contribution in [2.24, 2.45) is 47.3 Å². The Kier molecular flexibility index (Phi) is 20.1. The maximum absolute atomic E-state index is 14.6. The van der Waals surface area contributed by atoms with Gasteiger partial charge < -0.3 is 50.2 Å². The number of phenolic OH excluding ortho intramolecular Hbond substituents is 1. The third-order valence-corrected chi connectivity index (χ3v) is 17.7. The van der Waals surface area contributed by atoms with Crippen molar-refractivity contribution in [3.05, 3.63) is 77.9 Å². The molecule has 7 rings (SSSR count). The van der Waals surface area contributed by atoms with Crippen LogP contribution in [0.5, 0.6) is 5.75 Å². The summed E-state index contributed by atoms with van der Waals surface area (Å²) in [7, 11) is 0. The van der Waals surface area contributed by atoms with Crippen molar-refractivity contribution in [3.8, 4) is 5.75 Å². The number of aliphatic hydroxyl groups excluding tert-OH is 2. The number of aromatic hydroxyl groups is 1. The lowest BCUT2D eigenvalue weighted by Crippen LogP contribution is -2.71. The Hall–Kier alpha value is -4.91. The molecule has 17 heteroatoms. The van der Waals surface area contributed by atoms with Crippen molar-refractivity contribution >= 4 is 29.6 Å². The van der Waals surface area contributed by atoms with Crippen LogP contribution in [0.1, 0.15) is 139 Å². The molecule has 6 aliphatic rings. The molecule has 0 saturated carbocycles. The molecule has 1 unspecified atom stereocenters. The Morgan fingerprint density at radius 3 is 2.45 bits per heavy atom. The minimum absolute atomic E-state index is 0.00505. The second kappa shape index (κ2) is 25.9. The molecule has 5 saturated heterocycles. The van der Waals surface area contributed by atoms with E-state index in [1.54, 1.807) is 12.1 Å². The first kappa shape index (κ1) is 59.7. The smallest absolute Gasteiger partial charge is 0.325 e. The molecule has 6 aliphatic heterocycles. The van der Waals surface area contributed by atoms with E-state index in [0.29, 0.717) is 63.4 Å². The van der Waals surface area contributed by atoms with E-state index in [4.69, 9.17) is 18.9 Å². The molecule has 5 fully saturated rings. The maximum Gasteiger partial charge on any atom is 0.325 e. The zero-order chi connectivity index (χ0) is 55.9. The van der Waals surface area contributed by atoms with Gasteiger partial charge in [-0.3, -0.25) is 29.0 Å². The van der Waals surface area contributed by atoms with Crippen LogP contribution in [0.15, 0.2) is 72.4 Å². The Balaban J connectivity index is 1.07. The number of hydrazine groups is 1. The minimum Gasteiger partial charge on any atom is -0.508 e. The van der Waals surface area contributed by atoms with E-state index in [0.717, 1.165) is 12.0 Å². The highest BCUT2D eigenvalue weighted by Crippen LogP contribution is 2.47. The minimum atomic E-state index is -1.13. The molecule has 17 nitrogen and oxygen atoms in total. The molecular weight excluding hydrogens is 983 g/mol. The van der Waals surface area contributed by atoms with E-state index >= 15 is 0 Å². The van der Waals surface area contributed by atoms with E-state index in [2.05, 4.69) is 28.3 Å². The number of benzene rings is 1. The van der Waals surface area contributed by atoms with Gasteiger partial charge in [-0.2, -0.15) is 0 Å². The largest absolute Gasteiger partial charge is 0.508 e. The number of fused-ring (bicyclic) bond motifs is 4. The maximum atomic E-state index is 14.6. The highest BCUT2D eigenvalue weighted by atomic mass is 16.7. The number of piperidine rings is 1. The zero-order valence-corrected chi connectivity index (χ0v) is 47.1. The van der Waals surface area contributed by atoms with Crippen molar-refractivity contribution in [1.29, 1.82) is 0 Å². The standard InChI is InChI=1S/C60H89N5O12/c1-11-42-30-37(6)60(63-54(42)69)40(9)52(68)38(7)50(76-60)33-47(67)35(4)20-14-12-15-21-36(5)48-25-16-13-17-26-49-39(8)53-44(27-28-59(10,75-49)77-53)55(70)62-51(34(2)3)56(71)61-46(32-41-22-18-23-43(66)31-41)57(72)65-29-19-24-45(64-65)58(73)74-48/h12-13,15-18,21-23,26,31,34-35,37-40,42,44-53,64,66-68H,11,14,19-20,24-25,27-30,32-33H2,1-10H3,(H,61,71)(H,62,70)(H,63,69)/t35-,37-,38-,39-,40-,42-,44+,45-,46-,47-,48-,49+,50-,51-,52-,53+,59?,60+/m0/s1. The first-order chi connectivity index (χ1) is 36.5. The van der Waals surface area contributed by atoms with Crippen LogP contribution < -0.4 is 21.4 Å². The van der Waals surface area contributed by atoms with Gasteiger partial charge in [-0.05, 0) is 93.9 Å². The Morgan fingerprint density at radius 2 is 1.73 bits per heavy atom. The highest BCUT2D eigenvalue weighted by Gasteiger charge is 2.57. The number of hydrogen-bond acceptors (Lipinski definition) is 13. The van der Waals surface area contributed by atoms with Crippen LogP contribution in [0.2, 0.25) is 0 Å². The van der Waals surface area contributed by atoms with Crippen molar-refractivity contribution in [1.82, 2.24) is 26.4 Å². The lowest BCUT2D eigenvalue weighted by molar-refractivity contribution is -0.344. The van der Waals surface area contributed by atoms with Crippen molar-refractivity contribution in [2.75, 3.05) is 6.54 Å². The van der Waals surface area contributed by atoms with Crippen LogP contribution in [0, 0.1) is 47.3 Å². The molecule has 1 aromatic rings. The Bertz CT molecular complexity index is 2370. The number of allylic oxidation sites excluding steroid dienone is 5. The zero-order valence-electron chi connectivity index (χ0n) is 47.1. The number of carbonyl (C=O) groups is 5. The summed E-state index contributed by atoms with van der Waals surface area (Å²) in [5, 5.41) is 43.7. The molecule has 1 aromatic carbocycles. The number of ether oxygens (including phenoxy) is 4. The van der Waals surface area contributed by atoms with Crippen LogP contribution in [0.4, 0.5) is 0 Å². The predicted octanol–water partition coefficient (Wildman–Crippen LogP) is 6.61. The molecular formula is C60H89N5O12. The summed E-state index contributed by atoms with van der Waals surface area (Å²) >= 11 is 0. The van der Waals surface area contributed by atoms with E-state index in [1.165, 1.54) is 17.1 Å². The van der Waals surface area contributed by atoms with Gasteiger partial charge >= 0.3 is 5.97 Å². The molecule has 7 N–H and O–H groups in total. The van der Waals surface area contributed by atoms with Crippen molar-refractivity contribution in [2.45, 2.75) is 206 Å². The summed E-state index contributed by atoms with van der Waals surface area (Å²) in [5.74, 6) is -4.70. The van der Waals surface area contributed by atoms with Gasteiger partial charge in [-0.1, -0.05) is 110 Å². The molecule has 77 heavy (non-hydrogen) atoms. The van der Waals surface area contributed by atoms with Crippen molar-refractivity contribution in [3.63, 3.8) is 0 Å². The van der Waals surface area contributed by atoms with E-state index in [1.807, 2.05) is 105 Å². The third-order valence-electron chi connectivity index (χ3n) is 17.7. The van der Waals surface area contributed by atoms with Gasteiger partial charge in [0, 0.05) is 61.8 Å². The molecule has 0 aliphatic carbocycles. The van der Waals surface area contributed by atoms with Gasteiger partial charge in [-0.25, -0.2) is 5.43 Å². The van der Waals surface area contributed by atoms with Crippen LogP contribution in [0.3, 0.4) is 0 Å². The van der Waals surface area contributed by atoms with Crippen LogP contribution >= 0.6 is 0 Å². The molecule has 426 valence electrons. The summed E-state index contributed by atoms with van der Waals surface area (Å²) < 4.78 is 26.0. The molecule has 1 spiro atoms. The summed E-state index contributed by atoms with van der Waals surface area (Å²) in [6.07, 6.45) is 15.4. The molecule has 5 bridgehead atoms. The second-order valence-corrected chi connectivity index (χ2v) is 23.8. The number of amides is 4. The SMILES string of the molecule is CC[C@H]1C[C@H](C)[C@@]2(NC1=O)O[C@@H](C[C@H](O)[C@@H](C)CCC=CC=C(C)[C@@H]1CC=CC=C[C@H]3OC4(C)CC[C@@H](C(=O)N[C@@H](C(C)C)C(=O)N[C@@H](Cc5cccc(O)c5)C(=O)N5CCC[C@H](N5)C(=O)O1)[C@H](O4)[C@H]3C)[C@H](C)[C@H](O)[C@@H]2C. The number of aliphatic hydroxyl groups is 2. The molecule has 0 radical (unpaired) electrons. The molecule has 6 heterocycles. The summed E-state index contributed by atoms with van der Waals surface area (Å²) in [5.41, 5.74) is 3.50. The lowest BCUT2D eigenvalue weighted by Gasteiger charge is -2.56. The number of rotatable bonds is 12. The normalized spacial score (nSPS) is 37.6. The van der Waals surface area contributed by atoms with Crippen LogP contribution in [-0.2, 0) is 49.3 Å². The van der Waals surface area contributed by atoms with E-state index in [9.17, 15) is 39.3 Å². The highest BCUT2D eigenvalue weighted by molar-refractivity contribution is 5.93. The fourth-order valence-corrected chi connectivity index (χ4v) is 12.4. The fourth-order valence-electron chi connectivity index (χ4n) is 12.4. The van der Waals surface area contributed by atoms with Gasteiger partial charge in [0.1, 0.15) is 35.7 Å². The van der Waals surface area contributed by atoms with Gasteiger partial charge in [0.05, 0.1) is 36.4 Å². The van der Waals surface area contributed by atoms with Gasteiger partial charge in [-0.15, -0.1) is 0 Å². The summed E-state index contributed by atoms with van der Waals surface area (Å²) in [6, 6.07) is 3.48. The number of nitrogens with one attached hydrogen (secondary N) is 4. The molecule has 4 amide bonds. The van der Waals surface area contributed by atoms with Crippen molar-refractivity contribution < 1.29 is 58.2 Å². The van der Waals surface area contributed by atoms with Gasteiger partial charge in [0.15, 0.2) is 5.79 Å². The van der Waals surface area contributed by atoms with E-state index in [-0.39, 0.29) is 78.1 Å². The summed E-state index contributed by atoms with van der Waals surface area (Å²) in [6.45, 7) is 19.7. The number of carbonyl (C=O) groups excluding carboxylic acids is 5. The molecule has 0 aromatic heterocycles. The molecule has 18 atom stereocenters. The average Bonchev–Trinajstić information content (AvgIpc) is 3.40. The fraction of sp³-hybridized carbons (Fsp3) is 0.683. The number of phenols is 1. The quantitative estimate of drug-likeness (QED) is 0.0864. The second-order valence-electron chi connectivity index (χ2n) is 23.8. The first-order valence-electron chi connectivity index (χ1n) is 28.6. The van der Waals surface area contributed by atoms with E-state index < -0.39 is 83.9 Å². The lowest BCUT2D eigenvalue weighted by atomic mass is 9.69. The van der Waals surface area contributed by atoms with Gasteiger partial charge in [0.25, 0.3) is 5.91 Å². The van der Waals surface area contributed by atoms with Gasteiger partial charge in [0.2, 0.25) is 17.7 Å². The number of esters is 1. The topological polar surface area (TPSA) is 234 Å². The summed E-state index contributed by atoms with van der Waals surface area (Å²) in [4.78, 5) is 70.4. The first-order valence-corrected chi connectivity index (χ1v) is 28.6. The predicted molar refractivity (Wildman–Crippen MR) is 291 cm³/mol. The third kappa shape index (κ3) is 14.1.